The molecule has 4 heteroatoms. The van der Waals surface area contributed by atoms with Crippen molar-refractivity contribution in [3.8, 4) is 5.75 Å². The minimum Gasteiger partial charge on any atom is -0.495 e. The Morgan fingerprint density at radius 2 is 2.05 bits per heavy atom. The average Bonchev–Trinajstić information content (AvgIpc) is 2.45. The monoisotopic (exact) mass is 284 g/mol. The third kappa shape index (κ3) is 4.24. The first-order chi connectivity index (χ1) is 10.1. The fourth-order valence-corrected chi connectivity index (χ4v) is 2.14. The molecule has 1 amide bonds. The van der Waals surface area contributed by atoms with E-state index >= 15 is 0 Å². The minimum atomic E-state index is -0.0404. The third-order valence-electron chi connectivity index (χ3n) is 3.22. The van der Waals surface area contributed by atoms with Crippen molar-refractivity contribution in [1.82, 2.24) is 0 Å². The molecule has 21 heavy (non-hydrogen) atoms. The molecule has 0 spiro atoms. The number of carbonyl (C=O) groups excluding carboxylic acids is 1. The summed E-state index contributed by atoms with van der Waals surface area (Å²) in [6, 6.07) is 13.3. The van der Waals surface area contributed by atoms with Gasteiger partial charge in [-0.15, -0.1) is 0 Å². The van der Waals surface area contributed by atoms with Crippen LogP contribution in [0.4, 0.5) is 11.4 Å². The average molecular weight is 284 g/mol. The molecule has 0 bridgehead atoms. The second-order valence-corrected chi connectivity index (χ2v) is 5.00. The van der Waals surface area contributed by atoms with Crippen LogP contribution in [0, 0.1) is 6.92 Å². The molecule has 0 atom stereocenters. The number of hydrogen-bond acceptors (Lipinski definition) is 3. The van der Waals surface area contributed by atoms with Gasteiger partial charge < -0.3 is 15.8 Å². The number of rotatable bonds is 5. The summed E-state index contributed by atoms with van der Waals surface area (Å²) in [5, 5.41) is 2.89. The summed E-state index contributed by atoms with van der Waals surface area (Å²) in [4.78, 5) is 12.1. The van der Waals surface area contributed by atoms with Crippen molar-refractivity contribution < 1.29 is 9.53 Å². The molecule has 0 aliphatic carbocycles. The van der Waals surface area contributed by atoms with Gasteiger partial charge in [-0.25, -0.2) is 0 Å². The number of benzene rings is 2. The Morgan fingerprint density at radius 3 is 2.76 bits per heavy atom. The summed E-state index contributed by atoms with van der Waals surface area (Å²) in [6.07, 6.45) is 1.06. The summed E-state index contributed by atoms with van der Waals surface area (Å²) in [7, 11) is 1.59. The van der Waals surface area contributed by atoms with Crippen molar-refractivity contribution in [3.63, 3.8) is 0 Å². The molecule has 0 radical (unpaired) electrons. The van der Waals surface area contributed by atoms with Crippen LogP contribution in [0.1, 0.15) is 17.5 Å². The van der Waals surface area contributed by atoms with Gasteiger partial charge in [-0.1, -0.05) is 18.2 Å². The Labute approximate surface area is 124 Å². The van der Waals surface area contributed by atoms with Crippen LogP contribution in [0.5, 0.6) is 5.75 Å². The highest BCUT2D eigenvalue weighted by Gasteiger charge is 2.08. The normalized spacial score (nSPS) is 10.2. The number of ether oxygens (including phenoxy) is 1. The van der Waals surface area contributed by atoms with Gasteiger partial charge in [0.15, 0.2) is 0 Å². The lowest BCUT2D eigenvalue weighted by molar-refractivity contribution is -0.116. The Morgan fingerprint density at radius 1 is 1.24 bits per heavy atom. The summed E-state index contributed by atoms with van der Waals surface area (Å²) in [6.45, 7) is 1.97. The van der Waals surface area contributed by atoms with E-state index in [4.69, 9.17) is 10.5 Å². The van der Waals surface area contributed by atoms with Crippen molar-refractivity contribution in [2.24, 2.45) is 0 Å². The first kappa shape index (κ1) is 14.9. The maximum Gasteiger partial charge on any atom is 0.224 e. The van der Waals surface area contributed by atoms with E-state index in [2.05, 4.69) is 5.32 Å². The molecule has 3 N–H and O–H groups in total. The van der Waals surface area contributed by atoms with Crippen molar-refractivity contribution in [1.29, 1.82) is 0 Å². The molecule has 0 aliphatic heterocycles. The highest BCUT2D eigenvalue weighted by molar-refractivity contribution is 5.92. The van der Waals surface area contributed by atoms with E-state index < -0.39 is 0 Å². The standard InChI is InChI=1S/C17H20N2O2/c1-12-6-8-16(21-2)15(10-12)19-17(20)9-7-13-4-3-5-14(18)11-13/h3-6,8,10-11H,7,9,18H2,1-2H3,(H,19,20). The Balaban J connectivity index is 1.97. The predicted molar refractivity (Wildman–Crippen MR) is 85.5 cm³/mol. The van der Waals surface area contributed by atoms with E-state index in [9.17, 15) is 4.79 Å². The van der Waals surface area contributed by atoms with Crippen molar-refractivity contribution in [3.05, 3.63) is 53.6 Å². The van der Waals surface area contributed by atoms with E-state index in [-0.39, 0.29) is 5.91 Å². The van der Waals surface area contributed by atoms with E-state index in [1.165, 1.54) is 0 Å². The smallest absolute Gasteiger partial charge is 0.224 e. The molecule has 0 saturated carbocycles. The number of methoxy groups -OCH3 is 1. The van der Waals surface area contributed by atoms with E-state index in [1.54, 1.807) is 7.11 Å². The zero-order valence-corrected chi connectivity index (χ0v) is 12.3. The van der Waals surface area contributed by atoms with Crippen molar-refractivity contribution in [2.45, 2.75) is 19.8 Å². The van der Waals surface area contributed by atoms with E-state index in [1.807, 2.05) is 49.4 Å². The maximum absolute atomic E-state index is 12.1. The third-order valence-corrected chi connectivity index (χ3v) is 3.22. The lowest BCUT2D eigenvalue weighted by atomic mass is 10.1. The van der Waals surface area contributed by atoms with Gasteiger partial charge in [0.05, 0.1) is 12.8 Å². The van der Waals surface area contributed by atoms with Crippen LogP contribution < -0.4 is 15.8 Å². The van der Waals surface area contributed by atoms with Crippen LogP contribution in [0.25, 0.3) is 0 Å². The Bertz CT molecular complexity index is 638. The molecule has 0 saturated heterocycles. The molecule has 0 fully saturated rings. The van der Waals surface area contributed by atoms with Crippen molar-refractivity contribution >= 4 is 17.3 Å². The number of nitrogen functional groups attached to an aromatic ring is 1. The Hall–Kier alpha value is -2.49. The highest BCUT2D eigenvalue weighted by atomic mass is 16.5. The molecule has 4 nitrogen and oxygen atoms in total. The topological polar surface area (TPSA) is 64.3 Å². The first-order valence-electron chi connectivity index (χ1n) is 6.87. The van der Waals surface area contributed by atoms with Crippen LogP contribution >= 0.6 is 0 Å². The minimum absolute atomic E-state index is 0.0404. The number of amides is 1. The molecule has 110 valence electrons. The largest absolute Gasteiger partial charge is 0.495 e. The van der Waals surface area contributed by atoms with Crippen LogP contribution in [0.3, 0.4) is 0 Å². The van der Waals surface area contributed by atoms with Crippen LogP contribution in [0.2, 0.25) is 0 Å². The van der Waals surface area contributed by atoms with Crippen LogP contribution in [0.15, 0.2) is 42.5 Å². The second kappa shape index (κ2) is 6.79. The van der Waals surface area contributed by atoms with Gasteiger partial charge in [0.25, 0.3) is 0 Å². The van der Waals surface area contributed by atoms with Gasteiger partial charge in [-0.05, 0) is 48.7 Å². The molecule has 0 aliphatic rings. The Kier molecular flexibility index (Phi) is 4.82. The quantitative estimate of drug-likeness (QED) is 0.829. The number of nitrogens with one attached hydrogen (secondary N) is 1. The lowest BCUT2D eigenvalue weighted by Gasteiger charge is -2.11. The molecule has 0 heterocycles. The molecule has 2 aromatic carbocycles. The number of anilines is 2. The van der Waals surface area contributed by atoms with Crippen LogP contribution in [-0.4, -0.2) is 13.0 Å². The van der Waals surface area contributed by atoms with Gasteiger partial charge in [0.2, 0.25) is 5.91 Å². The van der Waals surface area contributed by atoms with Crippen molar-refractivity contribution in [2.75, 3.05) is 18.2 Å². The molecule has 2 rings (SSSR count). The lowest BCUT2D eigenvalue weighted by Crippen LogP contribution is -2.13. The second-order valence-electron chi connectivity index (χ2n) is 5.00. The summed E-state index contributed by atoms with van der Waals surface area (Å²) >= 11 is 0. The fraction of sp³-hybridized carbons (Fsp3) is 0.235. The SMILES string of the molecule is COc1ccc(C)cc1NC(=O)CCc1cccc(N)c1. The zero-order chi connectivity index (χ0) is 15.2. The molecule has 2 aromatic rings. The number of nitrogens with two attached hydrogens (primary N) is 1. The number of aryl methyl sites for hydroxylation is 2. The summed E-state index contributed by atoms with van der Waals surface area (Å²) in [5.74, 6) is 0.624. The molecule has 0 unspecified atom stereocenters. The molecular formula is C17H20N2O2. The van der Waals surface area contributed by atoms with Crippen LogP contribution in [-0.2, 0) is 11.2 Å². The predicted octanol–water partition coefficient (Wildman–Crippen LogP) is 3.16. The van der Waals surface area contributed by atoms with Gasteiger partial charge in [0, 0.05) is 12.1 Å². The van der Waals surface area contributed by atoms with E-state index in [0.717, 1.165) is 11.1 Å². The van der Waals surface area contributed by atoms with E-state index in [0.29, 0.717) is 30.0 Å². The van der Waals surface area contributed by atoms with Gasteiger partial charge in [-0.3, -0.25) is 4.79 Å². The maximum atomic E-state index is 12.1. The first-order valence-corrected chi connectivity index (χ1v) is 6.87. The summed E-state index contributed by atoms with van der Waals surface area (Å²) in [5.41, 5.74) is 9.27. The molecular weight excluding hydrogens is 264 g/mol. The number of hydrogen-bond donors (Lipinski definition) is 2. The van der Waals surface area contributed by atoms with Gasteiger partial charge >= 0.3 is 0 Å². The molecule has 0 aromatic heterocycles. The van der Waals surface area contributed by atoms with Gasteiger partial charge in [-0.2, -0.15) is 0 Å². The zero-order valence-electron chi connectivity index (χ0n) is 12.3. The van der Waals surface area contributed by atoms with Gasteiger partial charge in [0.1, 0.15) is 5.75 Å². The highest BCUT2D eigenvalue weighted by Crippen LogP contribution is 2.25. The summed E-state index contributed by atoms with van der Waals surface area (Å²) < 4.78 is 5.25. The number of carbonyl (C=O) groups is 1. The fourth-order valence-electron chi connectivity index (χ4n) is 2.14.